The molecule has 0 aliphatic rings. The molecule has 12 heavy (non-hydrogen) atoms. The van der Waals surface area contributed by atoms with E-state index in [1.54, 1.807) is 0 Å². The van der Waals surface area contributed by atoms with Gasteiger partial charge in [0.2, 0.25) is 5.91 Å². The van der Waals surface area contributed by atoms with Crippen molar-refractivity contribution in [1.82, 2.24) is 4.98 Å². The Morgan fingerprint density at radius 1 is 1.67 bits per heavy atom. The van der Waals surface area contributed by atoms with Gasteiger partial charge in [-0.1, -0.05) is 13.8 Å². The summed E-state index contributed by atoms with van der Waals surface area (Å²) >= 11 is 1.47. The topological polar surface area (TPSA) is 42.0 Å². The molecule has 4 heteroatoms. The second kappa shape index (κ2) is 4.21. The van der Waals surface area contributed by atoms with Crippen LogP contribution < -0.4 is 5.32 Å². The number of hydrogen-bond acceptors (Lipinski definition) is 3. The first-order valence-electron chi connectivity index (χ1n) is 4.00. The first kappa shape index (κ1) is 9.19. The van der Waals surface area contributed by atoms with Gasteiger partial charge in [-0.25, -0.2) is 4.98 Å². The number of rotatable bonds is 3. The van der Waals surface area contributed by atoms with E-state index in [0.717, 1.165) is 12.1 Å². The lowest BCUT2D eigenvalue weighted by Gasteiger charge is -1.95. The number of carbonyl (C=O) groups excluding carboxylic acids is 1. The average Bonchev–Trinajstić information content (AvgIpc) is 2.52. The average molecular weight is 184 g/mol. The summed E-state index contributed by atoms with van der Waals surface area (Å²) in [6.07, 6.45) is 1.42. The number of thiazole rings is 1. The zero-order valence-electron chi connectivity index (χ0n) is 7.26. The zero-order valence-corrected chi connectivity index (χ0v) is 8.07. The Morgan fingerprint density at radius 3 is 2.92 bits per heavy atom. The molecule has 1 heterocycles. The van der Waals surface area contributed by atoms with Gasteiger partial charge >= 0.3 is 0 Å². The molecule has 1 aromatic rings. The summed E-state index contributed by atoms with van der Waals surface area (Å²) in [5.41, 5.74) is 1.03. The predicted octanol–water partition coefficient (Wildman–Crippen LogP) is 2.05. The van der Waals surface area contributed by atoms with E-state index in [0.29, 0.717) is 11.6 Å². The van der Waals surface area contributed by atoms with E-state index in [-0.39, 0.29) is 5.91 Å². The molecule has 0 spiro atoms. The fourth-order valence-electron chi connectivity index (χ4n) is 0.734. The van der Waals surface area contributed by atoms with E-state index in [1.165, 1.54) is 11.3 Å². The number of carbonyl (C=O) groups is 1. The molecular formula is C8H12N2OS. The third kappa shape index (κ3) is 2.30. The molecule has 0 aromatic carbocycles. The summed E-state index contributed by atoms with van der Waals surface area (Å²) in [4.78, 5) is 15.1. The number of hydrogen-bond donors (Lipinski definition) is 1. The molecule has 66 valence electrons. The van der Waals surface area contributed by atoms with Crippen LogP contribution in [0.3, 0.4) is 0 Å². The Kier molecular flexibility index (Phi) is 3.22. The second-order valence-corrected chi connectivity index (χ2v) is 3.26. The van der Waals surface area contributed by atoms with E-state index < -0.39 is 0 Å². The van der Waals surface area contributed by atoms with Gasteiger partial charge in [-0.2, -0.15) is 0 Å². The molecule has 0 radical (unpaired) electrons. The number of nitrogens with one attached hydrogen (secondary N) is 1. The van der Waals surface area contributed by atoms with Crippen molar-refractivity contribution in [1.29, 1.82) is 0 Å². The maximum Gasteiger partial charge on any atom is 0.225 e. The van der Waals surface area contributed by atoms with E-state index >= 15 is 0 Å². The highest BCUT2D eigenvalue weighted by molar-refractivity contribution is 7.13. The van der Waals surface area contributed by atoms with E-state index in [1.807, 2.05) is 19.2 Å². The molecule has 0 saturated carbocycles. The first-order valence-corrected chi connectivity index (χ1v) is 4.88. The van der Waals surface area contributed by atoms with Crippen LogP contribution in [0.25, 0.3) is 0 Å². The number of anilines is 1. The summed E-state index contributed by atoms with van der Waals surface area (Å²) in [6, 6.07) is 0. The quantitative estimate of drug-likeness (QED) is 0.781. The predicted molar refractivity (Wildman–Crippen MR) is 50.4 cm³/mol. The van der Waals surface area contributed by atoms with E-state index in [2.05, 4.69) is 10.3 Å². The highest BCUT2D eigenvalue weighted by Crippen LogP contribution is 2.15. The van der Waals surface area contributed by atoms with E-state index in [9.17, 15) is 4.79 Å². The molecule has 1 aromatic heterocycles. The van der Waals surface area contributed by atoms with E-state index in [4.69, 9.17) is 0 Å². The summed E-state index contributed by atoms with van der Waals surface area (Å²) in [5.74, 6) is 0.0204. The second-order valence-electron chi connectivity index (χ2n) is 2.40. The minimum atomic E-state index is 0.0204. The van der Waals surface area contributed by atoms with Gasteiger partial charge in [-0.15, -0.1) is 11.3 Å². The number of aromatic nitrogens is 1. The lowest BCUT2D eigenvalue weighted by molar-refractivity contribution is -0.115. The van der Waals surface area contributed by atoms with Gasteiger partial charge in [-0.05, 0) is 6.42 Å². The fourth-order valence-corrected chi connectivity index (χ4v) is 1.54. The van der Waals surface area contributed by atoms with Crippen molar-refractivity contribution < 1.29 is 4.79 Å². The van der Waals surface area contributed by atoms with Crippen molar-refractivity contribution >= 4 is 22.4 Å². The third-order valence-corrected chi connectivity index (χ3v) is 2.29. The number of amides is 1. The van der Waals surface area contributed by atoms with Crippen LogP contribution in [-0.4, -0.2) is 10.9 Å². The van der Waals surface area contributed by atoms with Crippen LogP contribution in [0.15, 0.2) is 5.38 Å². The molecule has 3 nitrogen and oxygen atoms in total. The van der Waals surface area contributed by atoms with Gasteiger partial charge in [0.15, 0.2) is 5.13 Å². The molecule has 1 amide bonds. The summed E-state index contributed by atoms with van der Waals surface area (Å²) < 4.78 is 0. The molecule has 0 aliphatic heterocycles. The Balaban J connectivity index is 2.58. The van der Waals surface area contributed by atoms with Crippen LogP contribution in [0.5, 0.6) is 0 Å². The zero-order chi connectivity index (χ0) is 8.97. The SMILES string of the molecule is CCC(=O)Nc1nc(CC)cs1. The first-order chi connectivity index (χ1) is 5.76. The van der Waals surface area contributed by atoms with Gasteiger partial charge in [0.05, 0.1) is 5.69 Å². The lowest BCUT2D eigenvalue weighted by Crippen LogP contribution is -2.08. The largest absolute Gasteiger partial charge is 0.302 e. The standard InChI is InChI=1S/C8H12N2OS/c1-3-6-5-12-8(9-6)10-7(11)4-2/h5H,3-4H2,1-2H3,(H,9,10,11). The van der Waals surface area contributed by atoms with Gasteiger partial charge in [-0.3, -0.25) is 4.79 Å². The lowest BCUT2D eigenvalue weighted by atomic mass is 10.4. The monoisotopic (exact) mass is 184 g/mol. The Morgan fingerprint density at radius 2 is 2.42 bits per heavy atom. The third-order valence-electron chi connectivity index (χ3n) is 1.48. The van der Waals surface area contributed by atoms with Crippen molar-refractivity contribution in [2.75, 3.05) is 5.32 Å². The Hall–Kier alpha value is -0.900. The molecule has 1 N–H and O–H groups in total. The van der Waals surface area contributed by atoms with Crippen molar-refractivity contribution in [2.45, 2.75) is 26.7 Å². The van der Waals surface area contributed by atoms with Crippen LogP contribution >= 0.6 is 11.3 Å². The molecular weight excluding hydrogens is 172 g/mol. The fraction of sp³-hybridized carbons (Fsp3) is 0.500. The molecule has 0 atom stereocenters. The number of aryl methyl sites for hydroxylation is 1. The maximum atomic E-state index is 10.9. The molecule has 0 aliphatic carbocycles. The number of nitrogens with zero attached hydrogens (tertiary/aromatic N) is 1. The van der Waals surface area contributed by atoms with Crippen molar-refractivity contribution in [3.8, 4) is 0 Å². The molecule has 0 saturated heterocycles. The van der Waals surface area contributed by atoms with Crippen molar-refractivity contribution in [3.63, 3.8) is 0 Å². The van der Waals surface area contributed by atoms with Crippen molar-refractivity contribution in [3.05, 3.63) is 11.1 Å². The molecule has 0 fully saturated rings. The Labute approximate surface area is 75.8 Å². The Bertz CT molecular complexity index is 270. The smallest absolute Gasteiger partial charge is 0.225 e. The van der Waals surface area contributed by atoms with Crippen LogP contribution in [0.1, 0.15) is 26.0 Å². The van der Waals surface area contributed by atoms with Crippen LogP contribution in [-0.2, 0) is 11.2 Å². The molecule has 0 unspecified atom stereocenters. The minimum Gasteiger partial charge on any atom is -0.302 e. The van der Waals surface area contributed by atoms with Crippen LogP contribution in [0, 0.1) is 0 Å². The summed E-state index contributed by atoms with van der Waals surface area (Å²) in [7, 11) is 0. The molecule has 0 bridgehead atoms. The van der Waals surface area contributed by atoms with Crippen LogP contribution in [0.4, 0.5) is 5.13 Å². The summed E-state index contributed by atoms with van der Waals surface area (Å²) in [5, 5.41) is 5.39. The highest BCUT2D eigenvalue weighted by Gasteiger charge is 2.02. The maximum absolute atomic E-state index is 10.9. The van der Waals surface area contributed by atoms with Gasteiger partial charge in [0.25, 0.3) is 0 Å². The van der Waals surface area contributed by atoms with Gasteiger partial charge in [0.1, 0.15) is 0 Å². The van der Waals surface area contributed by atoms with Gasteiger partial charge < -0.3 is 5.32 Å². The minimum absolute atomic E-state index is 0.0204. The molecule has 1 rings (SSSR count). The highest BCUT2D eigenvalue weighted by atomic mass is 32.1. The summed E-state index contributed by atoms with van der Waals surface area (Å²) in [6.45, 7) is 3.87. The van der Waals surface area contributed by atoms with Crippen LogP contribution in [0.2, 0.25) is 0 Å². The van der Waals surface area contributed by atoms with Crippen molar-refractivity contribution in [2.24, 2.45) is 0 Å². The van der Waals surface area contributed by atoms with Gasteiger partial charge in [0, 0.05) is 11.8 Å². The normalized spacial score (nSPS) is 9.83.